The first-order valence-corrected chi connectivity index (χ1v) is 6.40. The summed E-state index contributed by atoms with van der Waals surface area (Å²) in [4.78, 5) is 14.0. The summed E-state index contributed by atoms with van der Waals surface area (Å²) in [5.41, 5.74) is 6.01. The zero-order chi connectivity index (χ0) is 12.3. The van der Waals surface area contributed by atoms with Gasteiger partial charge in [-0.3, -0.25) is 4.79 Å². The van der Waals surface area contributed by atoms with E-state index >= 15 is 0 Å². The molecule has 1 aliphatic rings. The Kier molecular flexibility index (Phi) is 4.36. The number of carbonyl (C=O) groups excluding carboxylic acids is 1. The van der Waals surface area contributed by atoms with Crippen molar-refractivity contribution in [3.05, 3.63) is 0 Å². The van der Waals surface area contributed by atoms with E-state index in [9.17, 15) is 4.79 Å². The van der Waals surface area contributed by atoms with Gasteiger partial charge in [-0.25, -0.2) is 0 Å². The summed E-state index contributed by atoms with van der Waals surface area (Å²) in [6, 6.07) is 0.289. The van der Waals surface area contributed by atoms with Crippen molar-refractivity contribution in [2.75, 3.05) is 7.05 Å². The van der Waals surface area contributed by atoms with E-state index in [-0.39, 0.29) is 17.5 Å². The summed E-state index contributed by atoms with van der Waals surface area (Å²) in [6.45, 7) is 6.38. The molecule has 0 radical (unpaired) electrons. The van der Waals surface area contributed by atoms with Gasteiger partial charge in [0.05, 0.1) is 0 Å². The van der Waals surface area contributed by atoms with Crippen LogP contribution in [0.2, 0.25) is 0 Å². The lowest BCUT2D eigenvalue weighted by Crippen LogP contribution is -2.46. The second kappa shape index (κ2) is 5.17. The molecule has 3 heteroatoms. The number of rotatable bonds is 4. The van der Waals surface area contributed by atoms with Gasteiger partial charge in [-0.2, -0.15) is 0 Å². The third-order valence-electron chi connectivity index (χ3n) is 4.07. The molecule has 1 fully saturated rings. The number of hydrogen-bond donors (Lipinski definition) is 1. The van der Waals surface area contributed by atoms with Gasteiger partial charge >= 0.3 is 0 Å². The molecule has 1 unspecified atom stereocenters. The maximum absolute atomic E-state index is 12.1. The predicted molar refractivity (Wildman–Crippen MR) is 67.1 cm³/mol. The summed E-state index contributed by atoms with van der Waals surface area (Å²) < 4.78 is 0. The van der Waals surface area contributed by atoms with Gasteiger partial charge in [0.1, 0.15) is 0 Å². The monoisotopic (exact) mass is 226 g/mol. The van der Waals surface area contributed by atoms with Gasteiger partial charge in [0, 0.05) is 25.0 Å². The molecule has 1 saturated carbocycles. The van der Waals surface area contributed by atoms with Gasteiger partial charge in [-0.15, -0.1) is 0 Å². The first-order valence-electron chi connectivity index (χ1n) is 6.40. The van der Waals surface area contributed by atoms with Crippen molar-refractivity contribution >= 4 is 5.91 Å². The Hall–Kier alpha value is -0.570. The molecule has 94 valence electrons. The van der Waals surface area contributed by atoms with Crippen LogP contribution < -0.4 is 5.73 Å². The van der Waals surface area contributed by atoms with Crippen LogP contribution >= 0.6 is 0 Å². The van der Waals surface area contributed by atoms with Gasteiger partial charge in [0.2, 0.25) is 5.91 Å². The number of nitrogens with zero attached hydrogens (tertiary/aromatic N) is 1. The van der Waals surface area contributed by atoms with Crippen LogP contribution in [0.15, 0.2) is 0 Å². The summed E-state index contributed by atoms with van der Waals surface area (Å²) in [5.74, 6) is 0.692. The second-order valence-corrected chi connectivity index (χ2v) is 5.74. The molecular weight excluding hydrogens is 200 g/mol. The summed E-state index contributed by atoms with van der Waals surface area (Å²) in [6.07, 6.45) is 4.87. The molecule has 0 aromatic rings. The zero-order valence-corrected chi connectivity index (χ0v) is 11.1. The zero-order valence-electron chi connectivity index (χ0n) is 11.1. The Balaban J connectivity index is 2.51. The van der Waals surface area contributed by atoms with E-state index in [0.29, 0.717) is 12.3 Å². The lowest BCUT2D eigenvalue weighted by Gasteiger charge is -2.31. The number of nitrogens with two attached hydrogens (primary N) is 1. The highest BCUT2D eigenvalue weighted by Gasteiger charge is 2.33. The Morgan fingerprint density at radius 1 is 1.31 bits per heavy atom. The van der Waals surface area contributed by atoms with E-state index in [2.05, 4.69) is 20.8 Å². The van der Waals surface area contributed by atoms with Crippen LogP contribution in [0.1, 0.15) is 52.9 Å². The average molecular weight is 226 g/mol. The number of hydrogen-bond acceptors (Lipinski definition) is 2. The molecule has 3 nitrogen and oxygen atoms in total. The fourth-order valence-electron chi connectivity index (χ4n) is 2.36. The highest BCUT2D eigenvalue weighted by molar-refractivity contribution is 5.77. The van der Waals surface area contributed by atoms with Crippen molar-refractivity contribution in [1.29, 1.82) is 0 Å². The molecular formula is C13H26N2O. The predicted octanol–water partition coefficient (Wildman–Crippen LogP) is 2.15. The van der Waals surface area contributed by atoms with E-state index in [1.165, 1.54) is 12.8 Å². The minimum Gasteiger partial charge on any atom is -0.343 e. The van der Waals surface area contributed by atoms with Gasteiger partial charge < -0.3 is 10.6 Å². The van der Waals surface area contributed by atoms with Crippen molar-refractivity contribution in [1.82, 2.24) is 4.90 Å². The van der Waals surface area contributed by atoms with Crippen LogP contribution in [0.3, 0.4) is 0 Å². The molecule has 1 aliphatic carbocycles. The van der Waals surface area contributed by atoms with E-state index in [1.54, 1.807) is 0 Å². The van der Waals surface area contributed by atoms with Crippen LogP contribution in [-0.4, -0.2) is 29.4 Å². The van der Waals surface area contributed by atoms with Gasteiger partial charge in [0.25, 0.3) is 0 Å². The van der Waals surface area contributed by atoms with Crippen LogP contribution in [0.25, 0.3) is 0 Å². The third-order valence-corrected chi connectivity index (χ3v) is 4.07. The van der Waals surface area contributed by atoms with Gasteiger partial charge in [0.15, 0.2) is 0 Å². The molecule has 0 heterocycles. The van der Waals surface area contributed by atoms with Crippen LogP contribution in [0, 0.1) is 5.92 Å². The Morgan fingerprint density at radius 2 is 1.81 bits per heavy atom. The lowest BCUT2D eigenvalue weighted by atomic mass is 9.93. The Bertz CT molecular complexity index is 244. The summed E-state index contributed by atoms with van der Waals surface area (Å²) in [7, 11) is 1.89. The van der Waals surface area contributed by atoms with Crippen LogP contribution in [-0.2, 0) is 4.79 Å². The minimum atomic E-state index is -0.220. The molecule has 0 aromatic heterocycles. The number of amides is 1. The quantitative estimate of drug-likeness (QED) is 0.798. The standard InChI is InChI=1S/C13H26N2O/c1-10(2)11(3)15(4)12(16)9-13(14)7-5-6-8-13/h10-11H,5-9,14H2,1-4H3. The largest absolute Gasteiger partial charge is 0.343 e. The van der Waals surface area contributed by atoms with Gasteiger partial charge in [-0.1, -0.05) is 26.7 Å². The summed E-state index contributed by atoms with van der Waals surface area (Å²) in [5, 5.41) is 0. The van der Waals surface area contributed by atoms with Gasteiger partial charge in [-0.05, 0) is 25.7 Å². The first kappa shape index (κ1) is 13.5. The molecule has 16 heavy (non-hydrogen) atoms. The number of carbonyl (C=O) groups is 1. The maximum Gasteiger partial charge on any atom is 0.224 e. The molecule has 0 spiro atoms. The fourth-order valence-corrected chi connectivity index (χ4v) is 2.36. The summed E-state index contributed by atoms with van der Waals surface area (Å²) >= 11 is 0. The molecule has 0 bridgehead atoms. The molecule has 0 aliphatic heterocycles. The minimum absolute atomic E-state index is 0.200. The van der Waals surface area contributed by atoms with Crippen LogP contribution in [0.4, 0.5) is 0 Å². The molecule has 1 rings (SSSR count). The van der Waals surface area contributed by atoms with Crippen molar-refractivity contribution < 1.29 is 4.79 Å². The highest BCUT2D eigenvalue weighted by Crippen LogP contribution is 2.30. The Morgan fingerprint density at radius 3 is 2.25 bits per heavy atom. The van der Waals surface area contributed by atoms with Crippen molar-refractivity contribution in [3.8, 4) is 0 Å². The normalized spacial score (nSPS) is 21.1. The highest BCUT2D eigenvalue weighted by atomic mass is 16.2. The third kappa shape index (κ3) is 3.21. The van der Waals surface area contributed by atoms with E-state index in [4.69, 9.17) is 5.73 Å². The second-order valence-electron chi connectivity index (χ2n) is 5.74. The van der Waals surface area contributed by atoms with Crippen molar-refractivity contribution in [2.24, 2.45) is 11.7 Å². The molecule has 1 amide bonds. The lowest BCUT2D eigenvalue weighted by molar-refractivity contribution is -0.133. The van der Waals surface area contributed by atoms with E-state index < -0.39 is 0 Å². The van der Waals surface area contributed by atoms with Crippen LogP contribution in [0.5, 0.6) is 0 Å². The molecule has 0 saturated heterocycles. The smallest absolute Gasteiger partial charge is 0.224 e. The topological polar surface area (TPSA) is 46.3 Å². The van der Waals surface area contributed by atoms with Crippen molar-refractivity contribution in [2.45, 2.75) is 64.5 Å². The van der Waals surface area contributed by atoms with E-state index in [1.807, 2.05) is 11.9 Å². The fraction of sp³-hybridized carbons (Fsp3) is 0.923. The molecule has 2 N–H and O–H groups in total. The molecule has 0 aromatic carbocycles. The maximum atomic E-state index is 12.1. The van der Waals surface area contributed by atoms with Crippen molar-refractivity contribution in [3.63, 3.8) is 0 Å². The first-order chi connectivity index (χ1) is 7.36. The molecule has 1 atom stereocenters. The Labute approximate surface area is 99.4 Å². The average Bonchev–Trinajstić information content (AvgIpc) is 2.62. The SMILES string of the molecule is CC(C)C(C)N(C)C(=O)CC1(N)CCCC1. The van der Waals surface area contributed by atoms with E-state index in [0.717, 1.165) is 12.8 Å².